The van der Waals surface area contributed by atoms with E-state index in [0.29, 0.717) is 18.9 Å². The van der Waals surface area contributed by atoms with Gasteiger partial charge in [0.25, 0.3) is 0 Å². The van der Waals surface area contributed by atoms with Gasteiger partial charge in [-0.2, -0.15) is 0 Å². The molecule has 15 heavy (non-hydrogen) atoms. The van der Waals surface area contributed by atoms with Crippen LogP contribution in [-0.4, -0.2) is 11.7 Å². The molecule has 0 aliphatic carbocycles. The summed E-state index contributed by atoms with van der Waals surface area (Å²) in [5.41, 5.74) is 3.32. The van der Waals surface area contributed by atoms with Gasteiger partial charge in [-0.15, -0.1) is 0 Å². The molecule has 0 aromatic heterocycles. The molecule has 0 fully saturated rings. The second kappa shape index (κ2) is 3.86. The maximum atomic E-state index is 9.97. The second-order valence-electron chi connectivity index (χ2n) is 4.52. The number of fused-ring (bicyclic) bond motifs is 1. The summed E-state index contributed by atoms with van der Waals surface area (Å²) in [6, 6.07) is 4.18. The molecule has 1 aromatic rings. The monoisotopic (exact) mass is 206 g/mol. The molecule has 0 radical (unpaired) electrons. The van der Waals surface area contributed by atoms with Gasteiger partial charge in [0.1, 0.15) is 5.75 Å². The van der Waals surface area contributed by atoms with Crippen LogP contribution in [0.2, 0.25) is 0 Å². The Balaban J connectivity index is 2.58. The molecule has 1 aliphatic heterocycles. The molecule has 0 amide bonds. The highest BCUT2D eigenvalue weighted by Crippen LogP contribution is 2.39. The van der Waals surface area contributed by atoms with Gasteiger partial charge in [-0.25, -0.2) is 0 Å². The zero-order chi connectivity index (χ0) is 11.0. The van der Waals surface area contributed by atoms with Crippen LogP contribution < -0.4 is 4.74 Å². The number of aliphatic hydroxyl groups is 1. The van der Waals surface area contributed by atoms with Crippen molar-refractivity contribution in [3.05, 3.63) is 28.8 Å². The molecule has 1 aliphatic rings. The summed E-state index contributed by atoms with van der Waals surface area (Å²) in [6.45, 7) is 6.95. The summed E-state index contributed by atoms with van der Waals surface area (Å²) in [5, 5.41) is 9.97. The predicted octanol–water partition coefficient (Wildman–Crippen LogP) is 2.93. The van der Waals surface area contributed by atoms with Crippen LogP contribution in [0.25, 0.3) is 0 Å². The zero-order valence-corrected chi connectivity index (χ0v) is 9.58. The largest absolute Gasteiger partial charge is 0.493 e. The number of aliphatic hydroxyl groups excluding tert-OH is 1. The first-order chi connectivity index (χ1) is 7.11. The van der Waals surface area contributed by atoms with Gasteiger partial charge in [-0.1, -0.05) is 26.0 Å². The minimum Gasteiger partial charge on any atom is -0.493 e. The molecular formula is C13H18O2. The first-order valence-corrected chi connectivity index (χ1v) is 5.55. The molecule has 0 bridgehead atoms. The van der Waals surface area contributed by atoms with Gasteiger partial charge in [-0.05, 0) is 24.0 Å². The van der Waals surface area contributed by atoms with Crippen molar-refractivity contribution in [3.63, 3.8) is 0 Å². The SMILES string of the molecule is Cc1ccc(C(C)C)c2c1[C@H](O)CCO2. The van der Waals surface area contributed by atoms with E-state index < -0.39 is 0 Å². The standard InChI is InChI=1S/C13H18O2/c1-8(2)10-5-4-9(3)12-11(14)6-7-15-13(10)12/h4-5,8,11,14H,6-7H2,1-3H3/t11-/m1/s1. The van der Waals surface area contributed by atoms with E-state index in [4.69, 9.17) is 4.74 Å². The van der Waals surface area contributed by atoms with E-state index in [-0.39, 0.29) is 6.10 Å². The van der Waals surface area contributed by atoms with Gasteiger partial charge >= 0.3 is 0 Å². The summed E-state index contributed by atoms with van der Waals surface area (Å²) in [5.74, 6) is 1.35. The van der Waals surface area contributed by atoms with Crippen molar-refractivity contribution in [1.29, 1.82) is 0 Å². The third-order valence-corrected chi connectivity index (χ3v) is 3.04. The molecule has 2 heteroatoms. The first-order valence-electron chi connectivity index (χ1n) is 5.55. The number of ether oxygens (including phenoxy) is 1. The molecule has 2 rings (SSSR count). The van der Waals surface area contributed by atoms with Crippen LogP contribution in [0, 0.1) is 6.92 Å². The van der Waals surface area contributed by atoms with Crippen LogP contribution >= 0.6 is 0 Å². The van der Waals surface area contributed by atoms with Crippen LogP contribution in [0.1, 0.15) is 49.0 Å². The average molecular weight is 206 g/mol. The lowest BCUT2D eigenvalue weighted by Gasteiger charge is -2.27. The highest BCUT2D eigenvalue weighted by Gasteiger charge is 2.24. The minimum absolute atomic E-state index is 0.354. The molecule has 1 heterocycles. The molecule has 1 N–H and O–H groups in total. The van der Waals surface area contributed by atoms with Gasteiger partial charge < -0.3 is 9.84 Å². The highest BCUT2D eigenvalue weighted by atomic mass is 16.5. The molecule has 1 atom stereocenters. The molecule has 2 nitrogen and oxygen atoms in total. The van der Waals surface area contributed by atoms with Gasteiger partial charge in [0.15, 0.2) is 0 Å². The molecule has 0 unspecified atom stereocenters. The van der Waals surface area contributed by atoms with Gasteiger partial charge in [0, 0.05) is 12.0 Å². The Morgan fingerprint density at radius 3 is 2.80 bits per heavy atom. The van der Waals surface area contributed by atoms with Crippen molar-refractivity contribution in [2.24, 2.45) is 0 Å². The van der Waals surface area contributed by atoms with Gasteiger partial charge in [0.05, 0.1) is 12.7 Å². The molecule has 82 valence electrons. The predicted molar refractivity (Wildman–Crippen MR) is 60.3 cm³/mol. The number of rotatable bonds is 1. The van der Waals surface area contributed by atoms with Crippen LogP contribution in [0.4, 0.5) is 0 Å². The quantitative estimate of drug-likeness (QED) is 0.765. The van der Waals surface area contributed by atoms with Crippen molar-refractivity contribution in [2.75, 3.05) is 6.61 Å². The Hall–Kier alpha value is -1.02. The summed E-state index contributed by atoms with van der Waals surface area (Å²) < 4.78 is 5.71. The van der Waals surface area contributed by atoms with Crippen molar-refractivity contribution >= 4 is 0 Å². The lowest BCUT2D eigenvalue weighted by atomic mass is 9.91. The Kier molecular flexibility index (Phi) is 2.70. The number of benzene rings is 1. The van der Waals surface area contributed by atoms with E-state index in [1.165, 1.54) is 5.56 Å². The van der Waals surface area contributed by atoms with Gasteiger partial charge in [-0.3, -0.25) is 0 Å². The fraction of sp³-hybridized carbons (Fsp3) is 0.538. The van der Waals surface area contributed by atoms with Crippen molar-refractivity contribution < 1.29 is 9.84 Å². The maximum absolute atomic E-state index is 9.97. The summed E-state index contributed by atoms with van der Waals surface area (Å²) in [4.78, 5) is 0. The van der Waals surface area contributed by atoms with Crippen LogP contribution in [0.15, 0.2) is 12.1 Å². The van der Waals surface area contributed by atoms with Crippen LogP contribution in [-0.2, 0) is 0 Å². The number of hydrogen-bond donors (Lipinski definition) is 1. The number of hydrogen-bond acceptors (Lipinski definition) is 2. The number of aryl methyl sites for hydroxylation is 1. The zero-order valence-electron chi connectivity index (χ0n) is 9.58. The lowest BCUT2D eigenvalue weighted by Crippen LogP contribution is -2.17. The van der Waals surface area contributed by atoms with E-state index in [9.17, 15) is 5.11 Å². The van der Waals surface area contributed by atoms with E-state index in [1.54, 1.807) is 0 Å². The maximum Gasteiger partial charge on any atom is 0.128 e. The lowest BCUT2D eigenvalue weighted by molar-refractivity contribution is 0.113. The summed E-state index contributed by atoms with van der Waals surface area (Å²) in [6.07, 6.45) is 0.350. The van der Waals surface area contributed by atoms with Crippen molar-refractivity contribution in [3.8, 4) is 5.75 Å². The third-order valence-electron chi connectivity index (χ3n) is 3.04. The van der Waals surface area contributed by atoms with Gasteiger partial charge in [0.2, 0.25) is 0 Å². The second-order valence-corrected chi connectivity index (χ2v) is 4.52. The molecule has 0 saturated carbocycles. The van der Waals surface area contributed by atoms with Crippen LogP contribution in [0.5, 0.6) is 5.75 Å². The Labute approximate surface area is 90.9 Å². The van der Waals surface area contributed by atoms with E-state index in [2.05, 4.69) is 26.0 Å². The summed E-state index contributed by atoms with van der Waals surface area (Å²) in [7, 11) is 0. The molecule has 0 saturated heterocycles. The third kappa shape index (κ3) is 1.74. The molecule has 1 aromatic carbocycles. The van der Waals surface area contributed by atoms with E-state index >= 15 is 0 Å². The highest BCUT2D eigenvalue weighted by molar-refractivity contribution is 5.49. The van der Waals surface area contributed by atoms with Crippen molar-refractivity contribution in [2.45, 2.75) is 39.2 Å². The topological polar surface area (TPSA) is 29.5 Å². The Morgan fingerprint density at radius 2 is 2.13 bits per heavy atom. The Bertz CT molecular complexity index is 369. The normalized spacial score (nSPS) is 19.9. The molecule has 0 spiro atoms. The smallest absolute Gasteiger partial charge is 0.128 e. The minimum atomic E-state index is -0.354. The fourth-order valence-corrected chi connectivity index (χ4v) is 2.16. The van der Waals surface area contributed by atoms with E-state index in [0.717, 1.165) is 16.9 Å². The summed E-state index contributed by atoms with van der Waals surface area (Å²) >= 11 is 0. The fourth-order valence-electron chi connectivity index (χ4n) is 2.16. The van der Waals surface area contributed by atoms with Crippen LogP contribution in [0.3, 0.4) is 0 Å². The molecular weight excluding hydrogens is 188 g/mol. The van der Waals surface area contributed by atoms with Crippen molar-refractivity contribution in [1.82, 2.24) is 0 Å². The van der Waals surface area contributed by atoms with E-state index in [1.807, 2.05) is 6.92 Å². The first kappa shape index (κ1) is 10.5. The average Bonchev–Trinajstić information content (AvgIpc) is 2.17. The Morgan fingerprint density at radius 1 is 1.40 bits per heavy atom.